The average molecular weight is 377 g/mol. The molecule has 5 heteroatoms. The van der Waals surface area contributed by atoms with Crippen LogP contribution in [0, 0.1) is 6.92 Å². The van der Waals surface area contributed by atoms with Crippen LogP contribution >= 0.6 is 0 Å². The maximum absolute atomic E-state index is 12.1. The molecule has 1 N–H and O–H groups in total. The third-order valence-corrected chi connectivity index (χ3v) is 4.46. The van der Waals surface area contributed by atoms with Crippen LogP contribution in [-0.4, -0.2) is 22.1 Å². The van der Waals surface area contributed by atoms with Crippen molar-refractivity contribution < 1.29 is 9.53 Å². The molecule has 0 atom stereocenters. The molecule has 0 fully saturated rings. The van der Waals surface area contributed by atoms with Gasteiger partial charge in [0.15, 0.2) is 0 Å². The Morgan fingerprint density at radius 2 is 1.96 bits per heavy atom. The zero-order chi connectivity index (χ0) is 19.6. The second-order valence-electron chi connectivity index (χ2n) is 6.95. The van der Waals surface area contributed by atoms with Gasteiger partial charge < -0.3 is 14.6 Å². The molecule has 0 saturated heterocycles. The van der Waals surface area contributed by atoms with Crippen LogP contribution in [0.25, 0.3) is 0 Å². The van der Waals surface area contributed by atoms with Gasteiger partial charge in [-0.2, -0.15) is 0 Å². The van der Waals surface area contributed by atoms with E-state index >= 15 is 0 Å². The second kappa shape index (κ2) is 10.3. The minimum Gasteiger partial charge on any atom is -0.494 e. The van der Waals surface area contributed by atoms with E-state index < -0.39 is 0 Å². The van der Waals surface area contributed by atoms with Crippen molar-refractivity contribution in [2.24, 2.45) is 0 Å². The number of nitrogens with one attached hydrogen (secondary N) is 1. The van der Waals surface area contributed by atoms with Crippen LogP contribution in [0.3, 0.4) is 0 Å². The molecule has 146 valence electrons. The van der Waals surface area contributed by atoms with Gasteiger partial charge in [0, 0.05) is 31.9 Å². The van der Waals surface area contributed by atoms with Crippen molar-refractivity contribution in [3.8, 4) is 5.75 Å². The molecule has 3 rings (SSSR count). The van der Waals surface area contributed by atoms with Gasteiger partial charge in [-0.1, -0.05) is 36.4 Å². The predicted molar refractivity (Wildman–Crippen MR) is 110 cm³/mol. The lowest BCUT2D eigenvalue weighted by atomic mass is 10.1. The molecule has 0 unspecified atom stereocenters. The van der Waals surface area contributed by atoms with Crippen molar-refractivity contribution in [1.29, 1.82) is 0 Å². The van der Waals surface area contributed by atoms with Crippen LogP contribution in [0.5, 0.6) is 5.75 Å². The fourth-order valence-electron chi connectivity index (χ4n) is 3.00. The van der Waals surface area contributed by atoms with Gasteiger partial charge in [-0.05, 0) is 48.6 Å². The van der Waals surface area contributed by atoms with E-state index in [9.17, 15) is 4.79 Å². The van der Waals surface area contributed by atoms with Gasteiger partial charge >= 0.3 is 0 Å². The van der Waals surface area contributed by atoms with E-state index in [-0.39, 0.29) is 5.91 Å². The standard InChI is InChI=1S/C23H27N3O2/c1-19-6-4-9-22(14-19)28-13-3-2-10-23(27)25-16-20-7-5-8-21(15-20)17-26-12-11-24-18-26/h4-9,11-12,14-15,18H,2-3,10,13,16-17H2,1H3,(H,25,27). The minimum absolute atomic E-state index is 0.0792. The number of carbonyl (C=O) groups is 1. The van der Waals surface area contributed by atoms with Crippen molar-refractivity contribution in [2.45, 2.75) is 39.3 Å². The molecular formula is C23H27N3O2. The molecular weight excluding hydrogens is 350 g/mol. The molecule has 0 aliphatic carbocycles. The van der Waals surface area contributed by atoms with E-state index in [1.54, 1.807) is 12.5 Å². The Morgan fingerprint density at radius 1 is 1.11 bits per heavy atom. The minimum atomic E-state index is 0.0792. The third-order valence-electron chi connectivity index (χ3n) is 4.46. The summed E-state index contributed by atoms with van der Waals surface area (Å²) in [4.78, 5) is 16.1. The first kappa shape index (κ1) is 19.7. The summed E-state index contributed by atoms with van der Waals surface area (Å²) in [6, 6.07) is 16.3. The zero-order valence-electron chi connectivity index (χ0n) is 16.3. The summed E-state index contributed by atoms with van der Waals surface area (Å²) < 4.78 is 7.74. The van der Waals surface area contributed by atoms with Gasteiger partial charge in [-0.25, -0.2) is 4.98 Å². The number of carbonyl (C=O) groups excluding carboxylic acids is 1. The number of amides is 1. The molecule has 2 aromatic carbocycles. The number of hydrogen-bond donors (Lipinski definition) is 1. The SMILES string of the molecule is Cc1cccc(OCCCCC(=O)NCc2cccc(Cn3ccnc3)c2)c1. The van der Waals surface area contributed by atoms with E-state index in [4.69, 9.17) is 4.74 Å². The normalized spacial score (nSPS) is 10.6. The lowest BCUT2D eigenvalue weighted by Gasteiger charge is -2.09. The molecule has 0 bridgehead atoms. The predicted octanol–water partition coefficient (Wildman–Crippen LogP) is 4.11. The number of benzene rings is 2. The summed E-state index contributed by atoms with van der Waals surface area (Å²) in [5, 5.41) is 3.00. The Morgan fingerprint density at radius 3 is 2.79 bits per heavy atom. The monoisotopic (exact) mass is 377 g/mol. The number of imidazole rings is 1. The van der Waals surface area contributed by atoms with E-state index in [1.165, 1.54) is 11.1 Å². The van der Waals surface area contributed by atoms with Crippen LogP contribution in [0.2, 0.25) is 0 Å². The number of unbranched alkanes of at least 4 members (excludes halogenated alkanes) is 1. The summed E-state index contributed by atoms with van der Waals surface area (Å²) in [6.07, 6.45) is 7.72. The summed E-state index contributed by atoms with van der Waals surface area (Å²) in [5.74, 6) is 0.968. The lowest BCUT2D eigenvalue weighted by molar-refractivity contribution is -0.121. The highest BCUT2D eigenvalue weighted by Gasteiger charge is 2.03. The van der Waals surface area contributed by atoms with Gasteiger partial charge in [0.1, 0.15) is 5.75 Å². The molecule has 1 aromatic heterocycles. The Bertz CT molecular complexity index is 875. The van der Waals surface area contributed by atoms with Crippen LogP contribution < -0.4 is 10.1 Å². The lowest BCUT2D eigenvalue weighted by Crippen LogP contribution is -2.22. The summed E-state index contributed by atoms with van der Waals surface area (Å²) in [7, 11) is 0. The largest absolute Gasteiger partial charge is 0.494 e. The number of aryl methyl sites for hydroxylation is 1. The number of rotatable bonds is 10. The maximum atomic E-state index is 12.1. The first-order valence-corrected chi connectivity index (χ1v) is 9.69. The highest BCUT2D eigenvalue weighted by Crippen LogP contribution is 2.13. The highest BCUT2D eigenvalue weighted by atomic mass is 16.5. The topological polar surface area (TPSA) is 56.1 Å². The van der Waals surface area contributed by atoms with Gasteiger partial charge in [0.25, 0.3) is 0 Å². The number of hydrogen-bond acceptors (Lipinski definition) is 3. The highest BCUT2D eigenvalue weighted by molar-refractivity contribution is 5.75. The van der Waals surface area contributed by atoms with Crippen molar-refractivity contribution in [1.82, 2.24) is 14.9 Å². The molecule has 1 amide bonds. The van der Waals surface area contributed by atoms with Gasteiger partial charge in [-0.15, -0.1) is 0 Å². The van der Waals surface area contributed by atoms with E-state index in [1.807, 2.05) is 54.1 Å². The molecule has 0 aliphatic rings. The van der Waals surface area contributed by atoms with Crippen LogP contribution in [0.4, 0.5) is 0 Å². The number of aromatic nitrogens is 2. The Labute approximate surface area is 166 Å². The molecule has 5 nitrogen and oxygen atoms in total. The number of ether oxygens (including phenoxy) is 1. The Hall–Kier alpha value is -3.08. The summed E-state index contributed by atoms with van der Waals surface area (Å²) in [5.41, 5.74) is 3.48. The van der Waals surface area contributed by atoms with Gasteiger partial charge in [-0.3, -0.25) is 4.79 Å². The van der Waals surface area contributed by atoms with E-state index in [2.05, 4.69) is 22.4 Å². The van der Waals surface area contributed by atoms with Gasteiger partial charge in [0.2, 0.25) is 5.91 Å². The Kier molecular flexibility index (Phi) is 7.24. The summed E-state index contributed by atoms with van der Waals surface area (Å²) >= 11 is 0. The van der Waals surface area contributed by atoms with Crippen LogP contribution in [0.15, 0.2) is 67.3 Å². The van der Waals surface area contributed by atoms with Crippen LogP contribution in [-0.2, 0) is 17.9 Å². The second-order valence-corrected chi connectivity index (χ2v) is 6.95. The summed E-state index contributed by atoms with van der Waals surface area (Å²) in [6.45, 7) is 4.01. The third kappa shape index (κ3) is 6.58. The molecule has 3 aromatic rings. The first-order valence-electron chi connectivity index (χ1n) is 9.69. The number of nitrogens with zero attached hydrogens (tertiary/aromatic N) is 2. The van der Waals surface area contributed by atoms with Crippen molar-refractivity contribution in [2.75, 3.05) is 6.61 Å². The van der Waals surface area contributed by atoms with Crippen molar-refractivity contribution >= 4 is 5.91 Å². The van der Waals surface area contributed by atoms with Crippen molar-refractivity contribution in [3.63, 3.8) is 0 Å². The fraction of sp³-hybridized carbons (Fsp3) is 0.304. The molecule has 28 heavy (non-hydrogen) atoms. The van der Waals surface area contributed by atoms with E-state index in [0.29, 0.717) is 19.6 Å². The van der Waals surface area contributed by atoms with Gasteiger partial charge in [0.05, 0.1) is 12.9 Å². The average Bonchev–Trinajstić information content (AvgIpc) is 3.19. The molecule has 1 heterocycles. The molecule has 0 spiro atoms. The quantitative estimate of drug-likeness (QED) is 0.541. The van der Waals surface area contributed by atoms with E-state index in [0.717, 1.165) is 30.7 Å². The first-order chi connectivity index (χ1) is 13.7. The molecule has 0 aliphatic heterocycles. The zero-order valence-corrected chi connectivity index (χ0v) is 16.3. The smallest absolute Gasteiger partial charge is 0.220 e. The maximum Gasteiger partial charge on any atom is 0.220 e. The Balaban J connectivity index is 1.33. The molecule has 0 radical (unpaired) electrons. The van der Waals surface area contributed by atoms with Crippen molar-refractivity contribution in [3.05, 3.63) is 83.9 Å². The fourth-order valence-corrected chi connectivity index (χ4v) is 3.00. The van der Waals surface area contributed by atoms with Crippen LogP contribution in [0.1, 0.15) is 36.0 Å². The molecule has 0 saturated carbocycles.